The molecule has 2 aromatic rings. The Labute approximate surface area is 163 Å². The molecule has 26 heavy (non-hydrogen) atoms. The van der Waals surface area contributed by atoms with Gasteiger partial charge >= 0.3 is 6.09 Å². The fourth-order valence-electron chi connectivity index (χ4n) is 2.58. The van der Waals surface area contributed by atoms with Gasteiger partial charge in [-0.1, -0.05) is 77.9 Å². The second-order valence-electron chi connectivity index (χ2n) is 7.06. The minimum atomic E-state index is -1.59. The van der Waals surface area contributed by atoms with E-state index in [2.05, 4.69) is 47.0 Å². The molecule has 1 atom stereocenters. The molecule has 3 rings (SSSR count). The lowest BCUT2D eigenvalue weighted by atomic mass is 10.0. The van der Waals surface area contributed by atoms with Crippen LogP contribution in [0.5, 0.6) is 5.75 Å². The van der Waals surface area contributed by atoms with E-state index in [9.17, 15) is 4.79 Å². The molecule has 0 spiro atoms. The van der Waals surface area contributed by atoms with Gasteiger partial charge in [0.15, 0.2) is 0 Å². The van der Waals surface area contributed by atoms with Crippen molar-refractivity contribution in [3.05, 3.63) is 64.6 Å². The molecule has 0 aromatic heterocycles. The van der Waals surface area contributed by atoms with Gasteiger partial charge in [-0.25, -0.2) is 4.79 Å². The third-order valence-corrected chi connectivity index (χ3v) is 5.29. The summed E-state index contributed by atoms with van der Waals surface area (Å²) in [6.07, 6.45) is 1.58. The number of nitrogens with zero attached hydrogens (tertiary/aromatic N) is 1. The highest BCUT2D eigenvalue weighted by Gasteiger charge is 2.32. The van der Waals surface area contributed by atoms with Crippen molar-refractivity contribution in [2.45, 2.75) is 25.7 Å². The van der Waals surface area contributed by atoms with Crippen LogP contribution in [0.1, 0.15) is 5.56 Å². The van der Waals surface area contributed by atoms with Crippen LogP contribution in [0.15, 0.2) is 59.1 Å². The van der Waals surface area contributed by atoms with Crippen molar-refractivity contribution in [2.24, 2.45) is 0 Å². The fraction of sp³-hybridized carbons (Fsp3) is 0.190. The second-order valence-corrected chi connectivity index (χ2v) is 12.7. The van der Waals surface area contributed by atoms with Crippen LogP contribution in [0.25, 0.3) is 6.08 Å². The summed E-state index contributed by atoms with van der Waals surface area (Å²) in [6, 6.07) is 16.5. The number of hydrogen-bond donors (Lipinski definition) is 0. The molecule has 132 valence electrons. The van der Waals surface area contributed by atoms with Gasteiger partial charge in [-0.2, -0.15) is 0 Å². The number of anilines is 1. The van der Waals surface area contributed by atoms with Gasteiger partial charge < -0.3 is 4.74 Å². The topological polar surface area (TPSA) is 29.5 Å². The SMILES string of the molecule is C[Si](C)(C)C#CC1C(Br)=Cc2ccccc2N1C(=O)Oc1ccccc1. The summed E-state index contributed by atoms with van der Waals surface area (Å²) >= 11 is 3.61. The van der Waals surface area contributed by atoms with Crippen LogP contribution in [0, 0.1) is 11.5 Å². The van der Waals surface area contributed by atoms with E-state index in [0.717, 1.165) is 15.7 Å². The predicted molar refractivity (Wildman–Crippen MR) is 113 cm³/mol. The van der Waals surface area contributed by atoms with Crippen molar-refractivity contribution < 1.29 is 9.53 Å². The standard InChI is InChI=1S/C21H20BrNO2Si/c1-26(2,3)14-13-20-18(22)15-16-9-7-8-12-19(16)23(20)21(24)25-17-10-5-4-6-11-17/h4-12,15,20H,1-3H3. The van der Waals surface area contributed by atoms with E-state index in [4.69, 9.17) is 4.74 Å². The van der Waals surface area contributed by atoms with Crippen LogP contribution >= 0.6 is 15.9 Å². The summed E-state index contributed by atoms with van der Waals surface area (Å²) in [5, 5.41) is 0. The molecule has 1 amide bonds. The number of carbonyl (C=O) groups is 1. The first-order valence-corrected chi connectivity index (χ1v) is 12.7. The van der Waals surface area contributed by atoms with Gasteiger partial charge in [0, 0.05) is 4.48 Å². The number of carbonyl (C=O) groups excluding carboxylic acids is 1. The largest absolute Gasteiger partial charge is 0.421 e. The van der Waals surface area contributed by atoms with Gasteiger partial charge in [0.25, 0.3) is 0 Å². The molecular formula is C21H20BrNO2Si. The van der Waals surface area contributed by atoms with Gasteiger partial charge in [-0.15, -0.1) is 5.54 Å². The van der Waals surface area contributed by atoms with Crippen LogP contribution in [-0.4, -0.2) is 20.2 Å². The Balaban J connectivity index is 2.02. The Morgan fingerprint density at radius 1 is 1.08 bits per heavy atom. The lowest BCUT2D eigenvalue weighted by Crippen LogP contribution is -2.44. The molecule has 1 heterocycles. The molecule has 2 aromatic carbocycles. The van der Waals surface area contributed by atoms with E-state index >= 15 is 0 Å². The van der Waals surface area contributed by atoms with Crippen LogP contribution in [-0.2, 0) is 0 Å². The molecule has 5 heteroatoms. The minimum Gasteiger partial charge on any atom is -0.410 e. The summed E-state index contributed by atoms with van der Waals surface area (Å²) in [5.41, 5.74) is 5.12. The van der Waals surface area contributed by atoms with E-state index in [1.54, 1.807) is 17.0 Å². The molecular weight excluding hydrogens is 406 g/mol. The van der Waals surface area contributed by atoms with Crippen LogP contribution in [0.2, 0.25) is 19.6 Å². The van der Waals surface area contributed by atoms with E-state index in [0.29, 0.717) is 5.75 Å². The van der Waals surface area contributed by atoms with Crippen molar-refractivity contribution in [3.8, 4) is 17.2 Å². The van der Waals surface area contributed by atoms with Crippen LogP contribution in [0.4, 0.5) is 10.5 Å². The maximum absolute atomic E-state index is 13.0. The van der Waals surface area contributed by atoms with Crippen molar-refractivity contribution in [1.82, 2.24) is 0 Å². The molecule has 3 nitrogen and oxygen atoms in total. The molecule has 0 saturated carbocycles. The van der Waals surface area contributed by atoms with Crippen molar-refractivity contribution in [1.29, 1.82) is 0 Å². The van der Waals surface area contributed by atoms with Crippen molar-refractivity contribution >= 4 is 41.9 Å². The zero-order valence-corrected chi connectivity index (χ0v) is 17.6. The lowest BCUT2D eigenvalue weighted by Gasteiger charge is -2.32. The third kappa shape index (κ3) is 4.27. The van der Waals surface area contributed by atoms with Crippen molar-refractivity contribution in [2.75, 3.05) is 4.90 Å². The van der Waals surface area contributed by atoms with E-state index < -0.39 is 20.2 Å². The fourth-order valence-corrected chi connectivity index (χ4v) is 3.72. The van der Waals surface area contributed by atoms with Gasteiger partial charge in [0.05, 0.1) is 5.69 Å². The normalized spacial score (nSPS) is 16.1. The molecule has 1 aliphatic rings. The average molecular weight is 426 g/mol. The number of ether oxygens (including phenoxy) is 1. The monoisotopic (exact) mass is 425 g/mol. The van der Waals surface area contributed by atoms with Gasteiger partial charge in [-0.05, 0) is 29.8 Å². The number of hydrogen-bond acceptors (Lipinski definition) is 2. The molecule has 0 N–H and O–H groups in total. The predicted octanol–water partition coefficient (Wildman–Crippen LogP) is 5.69. The Morgan fingerprint density at radius 3 is 2.42 bits per heavy atom. The number of amides is 1. The molecule has 0 bridgehead atoms. The van der Waals surface area contributed by atoms with Gasteiger partial charge in [0.2, 0.25) is 0 Å². The first kappa shape index (κ1) is 18.5. The van der Waals surface area contributed by atoms with E-state index in [1.807, 2.05) is 48.5 Å². The smallest absolute Gasteiger partial charge is 0.410 e. The highest BCUT2D eigenvalue weighted by atomic mass is 79.9. The van der Waals surface area contributed by atoms with Crippen LogP contribution < -0.4 is 9.64 Å². The van der Waals surface area contributed by atoms with Gasteiger partial charge in [-0.3, -0.25) is 4.90 Å². The second kappa shape index (κ2) is 7.53. The molecule has 0 fully saturated rings. The first-order valence-electron chi connectivity index (χ1n) is 8.40. The number of fused-ring (bicyclic) bond motifs is 1. The Bertz CT molecular complexity index is 907. The maximum atomic E-state index is 13.0. The minimum absolute atomic E-state index is 0.396. The number of benzene rings is 2. The summed E-state index contributed by atoms with van der Waals surface area (Å²) in [5.74, 6) is 3.80. The quantitative estimate of drug-likeness (QED) is 0.433. The summed E-state index contributed by atoms with van der Waals surface area (Å²) in [6.45, 7) is 6.54. The van der Waals surface area contributed by atoms with E-state index in [-0.39, 0.29) is 0 Å². The zero-order valence-electron chi connectivity index (χ0n) is 15.0. The Morgan fingerprint density at radius 2 is 1.73 bits per heavy atom. The molecule has 0 saturated heterocycles. The van der Waals surface area contributed by atoms with Gasteiger partial charge in [0.1, 0.15) is 19.9 Å². The highest BCUT2D eigenvalue weighted by molar-refractivity contribution is 9.11. The molecule has 1 aliphatic heterocycles. The Hall–Kier alpha value is -2.29. The summed E-state index contributed by atoms with van der Waals surface area (Å²) < 4.78 is 6.46. The maximum Gasteiger partial charge on any atom is 0.421 e. The number of rotatable bonds is 1. The number of para-hydroxylation sites is 2. The molecule has 0 radical (unpaired) electrons. The molecule has 0 aliphatic carbocycles. The molecule has 1 unspecified atom stereocenters. The zero-order chi connectivity index (χ0) is 18.7. The summed E-state index contributed by atoms with van der Waals surface area (Å²) in [7, 11) is -1.59. The first-order chi connectivity index (χ1) is 12.3. The third-order valence-electron chi connectivity index (χ3n) is 3.74. The van der Waals surface area contributed by atoms with Crippen LogP contribution in [0.3, 0.4) is 0 Å². The Kier molecular flexibility index (Phi) is 5.35. The lowest BCUT2D eigenvalue weighted by molar-refractivity contribution is 0.207. The van der Waals surface area contributed by atoms with Crippen molar-refractivity contribution in [3.63, 3.8) is 0 Å². The highest BCUT2D eigenvalue weighted by Crippen LogP contribution is 2.35. The number of halogens is 1. The summed E-state index contributed by atoms with van der Waals surface area (Å²) in [4.78, 5) is 14.6. The van der Waals surface area contributed by atoms with E-state index in [1.165, 1.54) is 0 Å². The average Bonchev–Trinajstić information content (AvgIpc) is 2.59.